The minimum absolute atomic E-state index is 0.0326. The molecule has 0 spiro atoms. The number of nitrogens with zero attached hydrogens (tertiary/aromatic N) is 1. The zero-order chi connectivity index (χ0) is 22.1. The van der Waals surface area contributed by atoms with Gasteiger partial charge in [-0.25, -0.2) is 5.43 Å². The van der Waals surface area contributed by atoms with Crippen LogP contribution in [-0.2, 0) is 4.79 Å². The van der Waals surface area contributed by atoms with Crippen LogP contribution in [0, 0.1) is 18.8 Å². The van der Waals surface area contributed by atoms with Crippen LogP contribution in [0.4, 0.5) is 0 Å². The number of hydrogen-bond donors (Lipinski definition) is 1. The average molecular weight is 411 g/mol. The molecule has 4 nitrogen and oxygen atoms in total. The van der Waals surface area contributed by atoms with E-state index in [2.05, 4.69) is 69.4 Å². The second-order valence-electron chi connectivity index (χ2n) is 9.06. The topological polar surface area (TPSA) is 50.7 Å². The summed E-state index contributed by atoms with van der Waals surface area (Å²) in [6.45, 7) is 12.8. The molecule has 0 bridgehead atoms. The fourth-order valence-corrected chi connectivity index (χ4v) is 3.77. The van der Waals surface area contributed by atoms with Crippen LogP contribution in [0.25, 0.3) is 0 Å². The average Bonchev–Trinajstić information content (AvgIpc) is 2.67. The van der Waals surface area contributed by atoms with Crippen molar-refractivity contribution in [2.75, 3.05) is 6.61 Å². The Labute approximate surface area is 182 Å². The van der Waals surface area contributed by atoms with Crippen molar-refractivity contribution in [3.05, 3.63) is 52.6 Å². The minimum Gasteiger partial charge on any atom is -0.483 e. The van der Waals surface area contributed by atoms with Crippen molar-refractivity contribution in [3.8, 4) is 5.75 Å². The molecule has 164 valence electrons. The SMILES string of the molecule is CC(C)=CCCC1=CC[C@H](/C=N\NC(=O)COc2cc(C)ccc2C(C)C)[C@@H](C)C1. The van der Waals surface area contributed by atoms with Crippen molar-refractivity contribution in [1.29, 1.82) is 0 Å². The molecule has 1 aromatic carbocycles. The number of allylic oxidation sites excluding steroid dienone is 4. The van der Waals surface area contributed by atoms with Crippen molar-refractivity contribution in [3.63, 3.8) is 0 Å². The van der Waals surface area contributed by atoms with Gasteiger partial charge >= 0.3 is 0 Å². The highest BCUT2D eigenvalue weighted by atomic mass is 16.5. The summed E-state index contributed by atoms with van der Waals surface area (Å²) < 4.78 is 5.77. The lowest BCUT2D eigenvalue weighted by Gasteiger charge is -2.25. The van der Waals surface area contributed by atoms with Crippen molar-refractivity contribution in [2.24, 2.45) is 16.9 Å². The Bertz CT molecular complexity index is 801. The molecule has 1 amide bonds. The normalized spacial score (nSPS) is 19.0. The maximum absolute atomic E-state index is 12.2. The van der Waals surface area contributed by atoms with Gasteiger partial charge in [0.15, 0.2) is 6.61 Å². The number of aryl methyl sites for hydroxylation is 1. The Balaban J connectivity index is 1.80. The lowest BCUT2D eigenvalue weighted by atomic mass is 9.80. The predicted octanol–water partition coefficient (Wildman–Crippen LogP) is 6.32. The Morgan fingerprint density at radius 1 is 1.33 bits per heavy atom. The van der Waals surface area contributed by atoms with Gasteiger partial charge in [0.05, 0.1) is 0 Å². The van der Waals surface area contributed by atoms with Crippen LogP contribution in [0.5, 0.6) is 5.75 Å². The fourth-order valence-electron chi connectivity index (χ4n) is 3.77. The van der Waals surface area contributed by atoms with Crippen LogP contribution in [0.2, 0.25) is 0 Å². The first-order chi connectivity index (χ1) is 14.3. The molecular weight excluding hydrogens is 372 g/mol. The Kier molecular flexibility index (Phi) is 9.35. The highest BCUT2D eigenvalue weighted by molar-refractivity contribution is 5.78. The van der Waals surface area contributed by atoms with E-state index in [0.717, 1.165) is 42.6 Å². The van der Waals surface area contributed by atoms with E-state index >= 15 is 0 Å². The summed E-state index contributed by atoms with van der Waals surface area (Å²) in [4.78, 5) is 12.2. The van der Waals surface area contributed by atoms with Crippen molar-refractivity contribution in [2.45, 2.75) is 73.1 Å². The first-order valence-corrected chi connectivity index (χ1v) is 11.1. The number of nitrogens with one attached hydrogen (secondary N) is 1. The van der Waals surface area contributed by atoms with Crippen LogP contribution in [0.3, 0.4) is 0 Å². The van der Waals surface area contributed by atoms with E-state index in [-0.39, 0.29) is 12.5 Å². The van der Waals surface area contributed by atoms with Gasteiger partial charge in [-0.15, -0.1) is 0 Å². The number of benzene rings is 1. The molecule has 1 aliphatic rings. The summed E-state index contributed by atoms with van der Waals surface area (Å²) in [6.07, 6.45) is 10.9. The first-order valence-electron chi connectivity index (χ1n) is 11.1. The van der Waals surface area contributed by atoms with Gasteiger partial charge in [-0.1, -0.05) is 56.2 Å². The Morgan fingerprint density at radius 3 is 2.77 bits per heavy atom. The minimum atomic E-state index is -0.233. The highest BCUT2D eigenvalue weighted by Gasteiger charge is 2.20. The molecule has 0 saturated heterocycles. The van der Waals surface area contributed by atoms with E-state index in [1.165, 1.54) is 5.57 Å². The molecule has 2 rings (SSSR count). The molecule has 0 aromatic heterocycles. The molecule has 1 aromatic rings. The van der Waals surface area contributed by atoms with Crippen LogP contribution < -0.4 is 10.2 Å². The van der Waals surface area contributed by atoms with E-state index in [9.17, 15) is 4.79 Å². The van der Waals surface area contributed by atoms with Crippen LogP contribution in [0.15, 0.2) is 46.6 Å². The molecule has 0 radical (unpaired) electrons. The fraction of sp³-hybridized carbons (Fsp3) is 0.538. The molecular formula is C26H38N2O2. The van der Waals surface area contributed by atoms with Crippen molar-refractivity contribution < 1.29 is 9.53 Å². The number of carbonyl (C=O) groups excluding carboxylic acids is 1. The smallest absolute Gasteiger partial charge is 0.277 e. The highest BCUT2D eigenvalue weighted by Crippen LogP contribution is 2.30. The molecule has 0 unspecified atom stereocenters. The van der Waals surface area contributed by atoms with Crippen molar-refractivity contribution >= 4 is 12.1 Å². The Hall–Kier alpha value is -2.36. The largest absolute Gasteiger partial charge is 0.483 e. The molecule has 30 heavy (non-hydrogen) atoms. The second kappa shape index (κ2) is 11.7. The van der Waals surface area contributed by atoms with Crippen LogP contribution >= 0.6 is 0 Å². The van der Waals surface area contributed by atoms with Crippen LogP contribution in [-0.4, -0.2) is 18.7 Å². The van der Waals surface area contributed by atoms with E-state index in [4.69, 9.17) is 4.74 Å². The summed E-state index contributed by atoms with van der Waals surface area (Å²) in [5.74, 6) is 1.78. The molecule has 4 heteroatoms. The molecule has 1 N–H and O–H groups in total. The summed E-state index contributed by atoms with van der Waals surface area (Å²) in [7, 11) is 0. The van der Waals surface area contributed by atoms with Gasteiger partial charge in [-0.3, -0.25) is 4.79 Å². The lowest BCUT2D eigenvalue weighted by Crippen LogP contribution is -2.26. The van der Waals surface area contributed by atoms with E-state index in [1.807, 2.05) is 19.2 Å². The third kappa shape index (κ3) is 7.81. The molecule has 0 heterocycles. The van der Waals surface area contributed by atoms with E-state index in [0.29, 0.717) is 17.8 Å². The molecule has 1 aliphatic carbocycles. The number of ether oxygens (including phenoxy) is 1. The zero-order valence-corrected chi connectivity index (χ0v) is 19.5. The third-order valence-electron chi connectivity index (χ3n) is 5.62. The molecule has 0 saturated carbocycles. The van der Waals surface area contributed by atoms with Crippen molar-refractivity contribution in [1.82, 2.24) is 5.43 Å². The number of hydrazone groups is 1. The summed E-state index contributed by atoms with van der Waals surface area (Å²) in [6, 6.07) is 6.12. The van der Waals surface area contributed by atoms with Gasteiger partial charge < -0.3 is 4.74 Å². The monoisotopic (exact) mass is 410 g/mol. The number of carbonyl (C=O) groups is 1. The number of rotatable bonds is 9. The Morgan fingerprint density at radius 2 is 2.10 bits per heavy atom. The van der Waals surface area contributed by atoms with E-state index in [1.54, 1.807) is 5.57 Å². The zero-order valence-electron chi connectivity index (χ0n) is 19.5. The third-order valence-corrected chi connectivity index (χ3v) is 5.62. The maximum atomic E-state index is 12.2. The number of hydrogen-bond acceptors (Lipinski definition) is 3. The van der Waals surface area contributed by atoms with Crippen LogP contribution in [0.1, 0.15) is 77.3 Å². The van der Waals surface area contributed by atoms with E-state index < -0.39 is 0 Å². The van der Waals surface area contributed by atoms with Gasteiger partial charge in [-0.05, 0) is 75.5 Å². The summed E-state index contributed by atoms with van der Waals surface area (Å²) in [5.41, 5.74) is 7.77. The van der Waals surface area contributed by atoms with Gasteiger partial charge in [0, 0.05) is 12.1 Å². The number of amides is 1. The lowest BCUT2D eigenvalue weighted by molar-refractivity contribution is -0.123. The van der Waals surface area contributed by atoms with Gasteiger partial charge in [0.2, 0.25) is 0 Å². The predicted molar refractivity (Wildman–Crippen MR) is 126 cm³/mol. The molecule has 2 atom stereocenters. The maximum Gasteiger partial charge on any atom is 0.277 e. The molecule has 0 aliphatic heterocycles. The van der Waals surface area contributed by atoms with Gasteiger partial charge in [0.1, 0.15) is 5.75 Å². The first kappa shape index (κ1) is 23.9. The van der Waals surface area contributed by atoms with Gasteiger partial charge in [0.25, 0.3) is 5.91 Å². The summed E-state index contributed by atoms with van der Waals surface area (Å²) >= 11 is 0. The second-order valence-corrected chi connectivity index (χ2v) is 9.06. The quantitative estimate of drug-likeness (QED) is 0.294. The summed E-state index contributed by atoms with van der Waals surface area (Å²) in [5, 5.41) is 4.20. The molecule has 0 fully saturated rings. The standard InChI is InChI=1S/C26H38N2O2/c1-18(2)8-7-9-22-11-12-23(21(6)15-22)16-27-28-26(29)17-30-25-14-20(5)10-13-24(25)19(3)4/h8,10-11,13-14,16,19,21,23H,7,9,12,15,17H2,1-6H3,(H,28,29)/b27-16-/t21-,23+/m0/s1. The van der Waals surface area contributed by atoms with Gasteiger partial charge in [-0.2, -0.15) is 5.10 Å².